The second-order valence-corrected chi connectivity index (χ2v) is 2.93. The Labute approximate surface area is 66.4 Å². The number of nitrogens with one attached hydrogen (secondary N) is 1. The normalized spacial score (nSPS) is 28.8. The van der Waals surface area contributed by atoms with Crippen LogP contribution in [0.15, 0.2) is 11.6 Å². The van der Waals surface area contributed by atoms with Crippen LogP contribution in [0.5, 0.6) is 0 Å². The highest BCUT2D eigenvalue weighted by Crippen LogP contribution is 2.12. The van der Waals surface area contributed by atoms with E-state index in [9.17, 15) is 4.79 Å². The molecule has 2 unspecified atom stereocenters. The Bertz CT molecular complexity index is 194. The maximum Gasteiger partial charge on any atom is 0.252 e. The van der Waals surface area contributed by atoms with Gasteiger partial charge >= 0.3 is 0 Å². The van der Waals surface area contributed by atoms with Crippen LogP contribution in [0.25, 0.3) is 0 Å². The van der Waals surface area contributed by atoms with E-state index >= 15 is 0 Å². The van der Waals surface area contributed by atoms with E-state index in [0.29, 0.717) is 0 Å². The van der Waals surface area contributed by atoms with Crippen molar-refractivity contribution in [1.29, 1.82) is 0 Å². The van der Waals surface area contributed by atoms with E-state index in [2.05, 4.69) is 5.32 Å². The van der Waals surface area contributed by atoms with Gasteiger partial charge in [0.05, 0.1) is 6.04 Å². The molecule has 3 nitrogen and oxygen atoms in total. The van der Waals surface area contributed by atoms with Gasteiger partial charge in [0.2, 0.25) is 0 Å². The first-order chi connectivity index (χ1) is 5.15. The molecule has 3 heteroatoms. The molecule has 0 aromatic carbocycles. The van der Waals surface area contributed by atoms with Gasteiger partial charge in [-0.25, -0.2) is 0 Å². The predicted octanol–water partition coefficient (Wildman–Crippen LogP) is 0.466. The monoisotopic (exact) mass is 155 g/mol. The molecule has 1 aliphatic rings. The average molecular weight is 155 g/mol. The summed E-state index contributed by atoms with van der Waals surface area (Å²) in [5.74, 6) is -0.0185. The zero-order chi connectivity index (χ0) is 8.43. The molecule has 1 heterocycles. The van der Waals surface area contributed by atoms with Crippen LogP contribution in [0.1, 0.15) is 13.8 Å². The summed E-state index contributed by atoms with van der Waals surface area (Å²) in [6, 6.07) is 0.0810. The molecule has 2 atom stereocenters. The van der Waals surface area contributed by atoms with Crippen LogP contribution >= 0.6 is 0 Å². The van der Waals surface area contributed by atoms with Crippen LogP contribution < -0.4 is 5.32 Å². The molecule has 1 rings (SSSR count). The number of methoxy groups -OCH3 is 1. The molecule has 0 aromatic rings. The number of allylic oxidation sites excluding steroid dienone is 1. The fraction of sp³-hybridized carbons (Fsp3) is 0.625. The molecule has 11 heavy (non-hydrogen) atoms. The summed E-state index contributed by atoms with van der Waals surface area (Å²) >= 11 is 0. The van der Waals surface area contributed by atoms with Crippen LogP contribution in [0.4, 0.5) is 0 Å². The topological polar surface area (TPSA) is 38.3 Å². The van der Waals surface area contributed by atoms with Crippen LogP contribution in [0.3, 0.4) is 0 Å². The molecule has 0 bridgehead atoms. The van der Waals surface area contributed by atoms with E-state index < -0.39 is 0 Å². The van der Waals surface area contributed by atoms with E-state index in [-0.39, 0.29) is 18.1 Å². The molecule has 0 saturated carbocycles. The van der Waals surface area contributed by atoms with E-state index in [1.807, 2.05) is 19.9 Å². The van der Waals surface area contributed by atoms with Crippen molar-refractivity contribution in [1.82, 2.24) is 5.32 Å². The van der Waals surface area contributed by atoms with Crippen molar-refractivity contribution >= 4 is 5.91 Å². The van der Waals surface area contributed by atoms with Gasteiger partial charge in [-0.3, -0.25) is 4.79 Å². The highest BCUT2D eigenvalue weighted by Gasteiger charge is 2.37. The summed E-state index contributed by atoms with van der Waals surface area (Å²) in [6.07, 6.45) is 1.72. The molecular weight excluding hydrogens is 142 g/mol. The molecule has 0 aromatic heterocycles. The van der Waals surface area contributed by atoms with Gasteiger partial charge < -0.3 is 10.1 Å². The molecule has 1 amide bonds. The Morgan fingerprint density at radius 3 is 2.64 bits per heavy atom. The number of carbonyl (C=O) groups is 1. The van der Waals surface area contributed by atoms with Gasteiger partial charge in [-0.15, -0.1) is 0 Å². The third kappa shape index (κ3) is 1.60. The summed E-state index contributed by atoms with van der Waals surface area (Å²) < 4.78 is 4.96. The third-order valence-electron chi connectivity index (χ3n) is 1.66. The van der Waals surface area contributed by atoms with E-state index in [0.717, 1.165) is 0 Å². The third-order valence-corrected chi connectivity index (χ3v) is 1.66. The second kappa shape index (κ2) is 3.05. The first-order valence-electron chi connectivity index (χ1n) is 3.63. The first kappa shape index (κ1) is 8.27. The van der Waals surface area contributed by atoms with E-state index in [1.54, 1.807) is 7.11 Å². The van der Waals surface area contributed by atoms with Crippen LogP contribution in [-0.2, 0) is 9.53 Å². The van der Waals surface area contributed by atoms with Crippen molar-refractivity contribution < 1.29 is 9.53 Å². The molecule has 1 fully saturated rings. The summed E-state index contributed by atoms with van der Waals surface area (Å²) in [4.78, 5) is 10.8. The molecule has 0 spiro atoms. The largest absolute Gasteiger partial charge is 0.369 e. The number of amides is 1. The quantitative estimate of drug-likeness (QED) is 0.465. The average Bonchev–Trinajstić information content (AvgIpc) is 1.86. The number of β-lactam (4-membered cyclic amide) rings is 1. The highest BCUT2D eigenvalue weighted by molar-refractivity contribution is 5.89. The smallest absolute Gasteiger partial charge is 0.252 e. The van der Waals surface area contributed by atoms with Crippen LogP contribution in [0.2, 0.25) is 0 Å². The van der Waals surface area contributed by atoms with Gasteiger partial charge in [0, 0.05) is 7.11 Å². The van der Waals surface area contributed by atoms with Gasteiger partial charge in [0.15, 0.2) is 6.10 Å². The van der Waals surface area contributed by atoms with Gasteiger partial charge in [-0.2, -0.15) is 0 Å². The Kier molecular flexibility index (Phi) is 2.29. The summed E-state index contributed by atoms with van der Waals surface area (Å²) in [5.41, 5.74) is 1.19. The lowest BCUT2D eigenvalue weighted by molar-refractivity contribution is -0.142. The zero-order valence-electron chi connectivity index (χ0n) is 7.05. The number of hydrogen-bond acceptors (Lipinski definition) is 2. The maximum atomic E-state index is 10.8. The fourth-order valence-electron chi connectivity index (χ4n) is 1.13. The summed E-state index contributed by atoms with van der Waals surface area (Å²) in [5, 5.41) is 2.73. The standard InChI is InChI=1S/C8H13NO2/c1-5(2)4-6-7(11-3)8(10)9-6/h4,6-7H,1-3H3,(H,9,10). The molecule has 1 saturated heterocycles. The summed E-state index contributed by atoms with van der Waals surface area (Å²) in [6.45, 7) is 3.99. The van der Waals surface area contributed by atoms with Crippen LogP contribution in [0, 0.1) is 0 Å². The number of ether oxygens (including phenoxy) is 1. The molecule has 1 N–H and O–H groups in total. The van der Waals surface area contributed by atoms with Crippen molar-refractivity contribution in [3.63, 3.8) is 0 Å². The minimum absolute atomic E-state index is 0.0185. The second-order valence-electron chi connectivity index (χ2n) is 2.93. The Morgan fingerprint density at radius 1 is 1.64 bits per heavy atom. The number of carbonyl (C=O) groups excluding carboxylic acids is 1. The first-order valence-corrected chi connectivity index (χ1v) is 3.63. The van der Waals surface area contributed by atoms with Crippen molar-refractivity contribution in [3.05, 3.63) is 11.6 Å². The lowest BCUT2D eigenvalue weighted by atomic mass is 10.0. The van der Waals surface area contributed by atoms with E-state index in [1.165, 1.54) is 5.57 Å². The van der Waals surface area contributed by atoms with Gasteiger partial charge in [-0.05, 0) is 13.8 Å². The Hall–Kier alpha value is -0.830. The predicted molar refractivity (Wildman–Crippen MR) is 42.2 cm³/mol. The lowest BCUT2D eigenvalue weighted by Crippen LogP contribution is -2.62. The Balaban J connectivity index is 2.52. The number of rotatable bonds is 2. The fourth-order valence-corrected chi connectivity index (χ4v) is 1.13. The molecule has 0 radical (unpaired) electrons. The van der Waals surface area contributed by atoms with Gasteiger partial charge in [0.25, 0.3) is 5.91 Å². The zero-order valence-corrected chi connectivity index (χ0v) is 7.05. The molecule has 62 valence electrons. The van der Waals surface area contributed by atoms with E-state index in [4.69, 9.17) is 4.74 Å². The van der Waals surface area contributed by atoms with Crippen molar-refractivity contribution in [2.24, 2.45) is 0 Å². The maximum absolute atomic E-state index is 10.8. The SMILES string of the molecule is COC1C(=O)NC1C=C(C)C. The Morgan fingerprint density at radius 2 is 2.27 bits per heavy atom. The van der Waals surface area contributed by atoms with Crippen LogP contribution in [-0.4, -0.2) is 25.2 Å². The minimum atomic E-state index is -0.273. The van der Waals surface area contributed by atoms with Crippen molar-refractivity contribution in [3.8, 4) is 0 Å². The lowest BCUT2D eigenvalue weighted by Gasteiger charge is -2.33. The summed E-state index contributed by atoms with van der Waals surface area (Å²) in [7, 11) is 1.55. The van der Waals surface area contributed by atoms with Crippen molar-refractivity contribution in [2.75, 3.05) is 7.11 Å². The molecular formula is C8H13NO2. The molecule has 1 aliphatic heterocycles. The highest BCUT2D eigenvalue weighted by atomic mass is 16.5. The number of hydrogen-bond donors (Lipinski definition) is 1. The molecule has 0 aliphatic carbocycles. The van der Waals surface area contributed by atoms with Gasteiger partial charge in [-0.1, -0.05) is 11.6 Å². The van der Waals surface area contributed by atoms with Crippen molar-refractivity contribution in [2.45, 2.75) is 26.0 Å². The minimum Gasteiger partial charge on any atom is -0.369 e. The van der Waals surface area contributed by atoms with Gasteiger partial charge in [0.1, 0.15) is 0 Å².